The fourth-order valence-corrected chi connectivity index (χ4v) is 2.55. The van der Waals surface area contributed by atoms with E-state index < -0.39 is 0 Å². The van der Waals surface area contributed by atoms with Crippen LogP contribution in [0.5, 0.6) is 0 Å². The van der Waals surface area contributed by atoms with Crippen molar-refractivity contribution in [2.24, 2.45) is 0 Å². The average Bonchev–Trinajstić information content (AvgIpc) is 2.87. The highest BCUT2D eigenvalue weighted by atomic mass is 32.1. The summed E-state index contributed by atoms with van der Waals surface area (Å²) in [7, 11) is 0. The van der Waals surface area contributed by atoms with Gasteiger partial charge in [0.15, 0.2) is 0 Å². The number of nitriles is 1. The van der Waals surface area contributed by atoms with Crippen LogP contribution in [0.3, 0.4) is 0 Å². The molecule has 0 N–H and O–H groups in total. The molecule has 68 valence electrons. The van der Waals surface area contributed by atoms with Crippen LogP contribution in [0.25, 0.3) is 5.57 Å². The molecule has 0 aliphatic carbocycles. The van der Waals surface area contributed by atoms with Crippen molar-refractivity contribution in [1.82, 2.24) is 0 Å². The summed E-state index contributed by atoms with van der Waals surface area (Å²) < 4.78 is 0. The second-order valence-corrected chi connectivity index (χ2v) is 4.27. The topological polar surface area (TPSA) is 23.8 Å². The van der Waals surface area contributed by atoms with Crippen molar-refractivity contribution in [2.75, 3.05) is 0 Å². The highest BCUT2D eigenvalue weighted by Crippen LogP contribution is 2.26. The molecule has 1 nitrogen and oxygen atoms in total. The van der Waals surface area contributed by atoms with Crippen LogP contribution in [0.4, 0.5) is 0 Å². The summed E-state index contributed by atoms with van der Waals surface area (Å²) in [6, 6.07) is 6.16. The summed E-state index contributed by atoms with van der Waals surface area (Å²) >= 11 is 3.29. The largest absolute Gasteiger partial charge is 0.193 e. The highest BCUT2D eigenvalue weighted by molar-refractivity contribution is 7.08. The Bertz CT molecular complexity index is 422. The number of nitrogens with zero attached hydrogens (tertiary/aromatic N) is 1. The Morgan fingerprint density at radius 1 is 1.14 bits per heavy atom. The lowest BCUT2D eigenvalue weighted by atomic mass is 10.0. The zero-order chi connectivity index (χ0) is 9.80. The van der Waals surface area contributed by atoms with Gasteiger partial charge in [-0.2, -0.15) is 27.9 Å². The molecular weight excluding hydrogens is 210 g/mol. The van der Waals surface area contributed by atoms with E-state index in [1.165, 1.54) is 0 Å². The van der Waals surface area contributed by atoms with Gasteiger partial charge in [-0.1, -0.05) is 0 Å². The fraction of sp³-hybridized carbons (Fsp3) is 0. The summed E-state index contributed by atoms with van der Waals surface area (Å²) in [5, 5.41) is 16.9. The zero-order valence-corrected chi connectivity index (χ0v) is 8.94. The van der Waals surface area contributed by atoms with Crippen molar-refractivity contribution in [3.63, 3.8) is 0 Å². The van der Waals surface area contributed by atoms with Gasteiger partial charge in [0.1, 0.15) is 0 Å². The maximum atomic E-state index is 8.71. The Hall–Kier alpha value is -1.37. The van der Waals surface area contributed by atoms with E-state index in [9.17, 15) is 0 Å². The van der Waals surface area contributed by atoms with Crippen molar-refractivity contribution in [3.05, 3.63) is 50.9 Å². The van der Waals surface area contributed by atoms with E-state index in [4.69, 9.17) is 5.26 Å². The predicted molar refractivity (Wildman–Crippen MR) is 61.3 cm³/mol. The molecule has 0 aliphatic rings. The zero-order valence-electron chi connectivity index (χ0n) is 7.31. The molecule has 0 saturated carbocycles. The van der Waals surface area contributed by atoms with Crippen LogP contribution >= 0.6 is 22.7 Å². The minimum atomic E-state index is 1.01. The second kappa shape index (κ2) is 4.23. The minimum Gasteiger partial charge on any atom is -0.193 e. The van der Waals surface area contributed by atoms with Gasteiger partial charge in [0.2, 0.25) is 0 Å². The molecule has 14 heavy (non-hydrogen) atoms. The summed E-state index contributed by atoms with van der Waals surface area (Å²) in [6.07, 6.45) is 1.60. The Morgan fingerprint density at radius 3 is 2.07 bits per heavy atom. The standard InChI is InChI=1S/C11H7NS2/c12-4-1-11(9-2-5-13-7-9)10-3-6-14-8-10/h1-3,5-8H. The number of allylic oxidation sites excluding steroid dienone is 1. The molecule has 0 radical (unpaired) electrons. The minimum absolute atomic E-state index is 1.01. The molecule has 0 spiro atoms. The van der Waals surface area contributed by atoms with E-state index in [1.807, 2.05) is 22.9 Å². The third-order valence-electron chi connectivity index (χ3n) is 1.87. The molecule has 0 fully saturated rings. The van der Waals surface area contributed by atoms with E-state index in [0.717, 1.165) is 16.7 Å². The summed E-state index contributed by atoms with van der Waals surface area (Å²) in [6.45, 7) is 0. The molecule has 2 aromatic rings. The summed E-state index contributed by atoms with van der Waals surface area (Å²) in [4.78, 5) is 0. The van der Waals surface area contributed by atoms with Gasteiger partial charge in [-0.05, 0) is 44.8 Å². The molecular formula is C11H7NS2. The Labute approximate surface area is 90.6 Å². The van der Waals surface area contributed by atoms with Crippen molar-refractivity contribution in [2.45, 2.75) is 0 Å². The summed E-state index contributed by atoms with van der Waals surface area (Å²) in [5.41, 5.74) is 3.25. The molecule has 0 aliphatic heterocycles. The molecule has 0 saturated heterocycles. The maximum absolute atomic E-state index is 8.71. The highest BCUT2D eigenvalue weighted by Gasteiger charge is 2.04. The maximum Gasteiger partial charge on any atom is 0.0918 e. The van der Waals surface area contributed by atoms with Crippen LogP contribution in [0, 0.1) is 11.3 Å². The Balaban J connectivity index is 2.47. The average molecular weight is 217 g/mol. The van der Waals surface area contributed by atoms with E-state index in [2.05, 4.69) is 16.8 Å². The van der Waals surface area contributed by atoms with Gasteiger partial charge in [0, 0.05) is 11.6 Å². The molecule has 0 aromatic carbocycles. The first kappa shape index (κ1) is 9.20. The number of rotatable bonds is 2. The van der Waals surface area contributed by atoms with Crippen LogP contribution in [0.2, 0.25) is 0 Å². The van der Waals surface area contributed by atoms with E-state index >= 15 is 0 Å². The van der Waals surface area contributed by atoms with Crippen LogP contribution in [0.1, 0.15) is 11.1 Å². The normalized spacial score (nSPS) is 9.36. The van der Waals surface area contributed by atoms with Gasteiger partial charge in [0.25, 0.3) is 0 Å². The number of thiophene rings is 2. The number of hydrogen-bond donors (Lipinski definition) is 0. The molecule has 2 heterocycles. The smallest absolute Gasteiger partial charge is 0.0918 e. The molecule has 0 bridgehead atoms. The van der Waals surface area contributed by atoms with Crippen LogP contribution in [-0.4, -0.2) is 0 Å². The molecule has 3 heteroatoms. The molecule has 2 rings (SSSR count). The van der Waals surface area contributed by atoms with Gasteiger partial charge in [-0.3, -0.25) is 0 Å². The lowest BCUT2D eigenvalue weighted by molar-refractivity contribution is 1.53. The van der Waals surface area contributed by atoms with Gasteiger partial charge in [-0.15, -0.1) is 0 Å². The Kier molecular flexibility index (Phi) is 2.78. The van der Waals surface area contributed by atoms with Gasteiger partial charge < -0.3 is 0 Å². The van der Waals surface area contributed by atoms with Crippen LogP contribution in [-0.2, 0) is 0 Å². The van der Waals surface area contributed by atoms with Crippen LogP contribution < -0.4 is 0 Å². The monoisotopic (exact) mass is 217 g/mol. The van der Waals surface area contributed by atoms with Gasteiger partial charge in [0.05, 0.1) is 6.07 Å². The first-order chi connectivity index (χ1) is 6.92. The fourth-order valence-electron chi connectivity index (χ4n) is 1.23. The van der Waals surface area contributed by atoms with Crippen molar-refractivity contribution < 1.29 is 0 Å². The molecule has 0 amide bonds. The first-order valence-electron chi connectivity index (χ1n) is 4.07. The predicted octanol–water partition coefficient (Wildman–Crippen LogP) is 3.76. The molecule has 0 atom stereocenters. The first-order valence-corrected chi connectivity index (χ1v) is 5.95. The third kappa shape index (κ3) is 1.77. The van der Waals surface area contributed by atoms with Crippen molar-refractivity contribution in [3.8, 4) is 6.07 Å². The van der Waals surface area contributed by atoms with E-state index in [-0.39, 0.29) is 0 Å². The van der Waals surface area contributed by atoms with E-state index in [1.54, 1.807) is 28.7 Å². The summed E-state index contributed by atoms with van der Waals surface area (Å²) in [5.74, 6) is 0. The SMILES string of the molecule is N#CC=C(c1ccsc1)c1ccsc1. The van der Waals surface area contributed by atoms with Gasteiger partial charge in [-0.25, -0.2) is 0 Å². The molecule has 2 aromatic heterocycles. The van der Waals surface area contributed by atoms with Crippen molar-refractivity contribution >= 4 is 28.2 Å². The van der Waals surface area contributed by atoms with Crippen LogP contribution in [0.15, 0.2) is 39.7 Å². The quantitative estimate of drug-likeness (QED) is 0.702. The lowest BCUT2D eigenvalue weighted by Gasteiger charge is -1.99. The number of hydrogen-bond acceptors (Lipinski definition) is 3. The van der Waals surface area contributed by atoms with Crippen molar-refractivity contribution in [1.29, 1.82) is 5.26 Å². The van der Waals surface area contributed by atoms with E-state index in [0.29, 0.717) is 0 Å². The Morgan fingerprint density at radius 2 is 1.71 bits per heavy atom. The third-order valence-corrected chi connectivity index (χ3v) is 3.24. The molecule has 0 unspecified atom stereocenters. The second-order valence-electron chi connectivity index (χ2n) is 2.71. The van der Waals surface area contributed by atoms with Gasteiger partial charge >= 0.3 is 0 Å². The lowest BCUT2D eigenvalue weighted by Crippen LogP contribution is -1.81.